The fourth-order valence-electron chi connectivity index (χ4n) is 2.96. The third kappa shape index (κ3) is 1.97. The van der Waals surface area contributed by atoms with Crippen molar-refractivity contribution in [2.75, 3.05) is 11.4 Å². The number of rotatable bonds is 2. The molecule has 0 unspecified atom stereocenters. The number of aryl methyl sites for hydroxylation is 1. The lowest BCUT2D eigenvalue weighted by atomic mass is 10.1. The molecule has 0 radical (unpaired) electrons. The van der Waals surface area contributed by atoms with Crippen LogP contribution in [0.3, 0.4) is 0 Å². The zero-order valence-electron chi connectivity index (χ0n) is 12.3. The van der Waals surface area contributed by atoms with Crippen LogP contribution in [0.4, 0.5) is 5.82 Å². The first-order valence-electron chi connectivity index (χ1n) is 7.39. The van der Waals surface area contributed by atoms with Crippen molar-refractivity contribution in [1.82, 2.24) is 24.7 Å². The van der Waals surface area contributed by atoms with Crippen LogP contribution in [0.1, 0.15) is 18.2 Å². The number of fused-ring (bicyclic) bond motifs is 2. The van der Waals surface area contributed by atoms with Crippen molar-refractivity contribution in [2.45, 2.75) is 26.4 Å². The summed E-state index contributed by atoms with van der Waals surface area (Å²) in [4.78, 5) is 25.9. The molecule has 7 nitrogen and oxygen atoms in total. The van der Waals surface area contributed by atoms with Crippen molar-refractivity contribution >= 4 is 16.9 Å². The van der Waals surface area contributed by atoms with Crippen LogP contribution in [0.15, 0.2) is 29.5 Å². The minimum Gasteiger partial charge on any atom is -0.351 e. The van der Waals surface area contributed by atoms with Crippen molar-refractivity contribution in [3.8, 4) is 0 Å². The summed E-state index contributed by atoms with van der Waals surface area (Å²) in [5.74, 6) is 0.900. The Kier molecular flexibility index (Phi) is 2.92. The van der Waals surface area contributed by atoms with Crippen molar-refractivity contribution in [3.05, 3.63) is 46.3 Å². The van der Waals surface area contributed by atoms with E-state index >= 15 is 0 Å². The molecule has 4 heterocycles. The predicted molar refractivity (Wildman–Crippen MR) is 82.8 cm³/mol. The van der Waals surface area contributed by atoms with Crippen LogP contribution >= 0.6 is 0 Å². The van der Waals surface area contributed by atoms with Gasteiger partial charge in [0, 0.05) is 43.9 Å². The summed E-state index contributed by atoms with van der Waals surface area (Å²) in [5.41, 5.74) is 2.79. The molecule has 3 aromatic heterocycles. The van der Waals surface area contributed by atoms with Crippen molar-refractivity contribution in [2.24, 2.45) is 0 Å². The molecule has 0 bridgehead atoms. The summed E-state index contributed by atoms with van der Waals surface area (Å²) >= 11 is 0. The van der Waals surface area contributed by atoms with Crippen LogP contribution in [0.5, 0.6) is 0 Å². The van der Waals surface area contributed by atoms with Gasteiger partial charge in [0.15, 0.2) is 0 Å². The molecule has 0 saturated heterocycles. The van der Waals surface area contributed by atoms with Gasteiger partial charge in [0.2, 0.25) is 0 Å². The number of nitrogens with one attached hydrogen (secondary N) is 1. The number of H-pyrrole nitrogens is 1. The van der Waals surface area contributed by atoms with Crippen molar-refractivity contribution in [1.29, 1.82) is 0 Å². The monoisotopic (exact) mass is 296 g/mol. The normalized spacial score (nSPS) is 14.3. The Morgan fingerprint density at radius 1 is 1.36 bits per heavy atom. The van der Waals surface area contributed by atoms with E-state index in [2.05, 4.69) is 25.0 Å². The molecule has 0 saturated carbocycles. The minimum absolute atomic E-state index is 0.0439. The molecular formula is C15H16N6O. The molecule has 3 aromatic rings. The van der Waals surface area contributed by atoms with E-state index in [-0.39, 0.29) is 5.56 Å². The van der Waals surface area contributed by atoms with Gasteiger partial charge in [-0.3, -0.25) is 4.79 Å². The summed E-state index contributed by atoms with van der Waals surface area (Å²) in [7, 11) is 0. The Morgan fingerprint density at radius 3 is 3.14 bits per heavy atom. The lowest BCUT2D eigenvalue weighted by molar-refractivity contribution is 0.572. The van der Waals surface area contributed by atoms with Gasteiger partial charge in [0.1, 0.15) is 17.8 Å². The van der Waals surface area contributed by atoms with E-state index in [9.17, 15) is 4.79 Å². The predicted octanol–water partition coefficient (Wildman–Crippen LogP) is 1.10. The highest BCUT2D eigenvalue weighted by Crippen LogP contribution is 2.26. The molecule has 0 amide bonds. The van der Waals surface area contributed by atoms with E-state index in [0.717, 1.165) is 41.1 Å². The smallest absolute Gasteiger partial charge is 0.267 e. The summed E-state index contributed by atoms with van der Waals surface area (Å²) in [5, 5.41) is 5.45. The summed E-state index contributed by atoms with van der Waals surface area (Å²) in [6.07, 6.45) is 4.24. The number of aromatic nitrogens is 5. The molecule has 0 fully saturated rings. The van der Waals surface area contributed by atoms with Gasteiger partial charge in [-0.2, -0.15) is 5.10 Å². The van der Waals surface area contributed by atoms with Gasteiger partial charge < -0.3 is 9.88 Å². The zero-order valence-corrected chi connectivity index (χ0v) is 12.3. The molecule has 1 aliphatic heterocycles. The maximum absolute atomic E-state index is 12.0. The molecule has 0 aliphatic carbocycles. The number of nitrogens with zero attached hydrogens (tertiary/aromatic N) is 5. The van der Waals surface area contributed by atoms with Crippen LogP contribution in [0, 0.1) is 0 Å². The van der Waals surface area contributed by atoms with Crippen molar-refractivity contribution in [3.63, 3.8) is 0 Å². The van der Waals surface area contributed by atoms with Gasteiger partial charge in [-0.15, -0.1) is 0 Å². The fraction of sp³-hybridized carbons (Fsp3) is 0.333. The number of hydrogen-bond donors (Lipinski definition) is 1. The molecule has 112 valence electrons. The second kappa shape index (κ2) is 4.94. The highest BCUT2D eigenvalue weighted by molar-refractivity contribution is 5.87. The lowest BCUT2D eigenvalue weighted by Crippen LogP contribution is -2.35. The SMILES string of the molecule is CCn1nc2c(cc1=O)CN(c1ncnc3[nH]ccc13)CC2. The van der Waals surface area contributed by atoms with Gasteiger partial charge in [-0.25, -0.2) is 14.6 Å². The summed E-state index contributed by atoms with van der Waals surface area (Å²) in [6, 6.07) is 3.68. The molecular weight excluding hydrogens is 280 g/mol. The van der Waals surface area contributed by atoms with Gasteiger partial charge in [-0.05, 0) is 13.0 Å². The summed E-state index contributed by atoms with van der Waals surface area (Å²) in [6.45, 7) is 4.02. The molecule has 22 heavy (non-hydrogen) atoms. The van der Waals surface area contributed by atoms with E-state index in [1.165, 1.54) is 4.68 Å². The van der Waals surface area contributed by atoms with Crippen LogP contribution in [-0.4, -0.2) is 31.3 Å². The average Bonchev–Trinajstić information content (AvgIpc) is 3.02. The topological polar surface area (TPSA) is 79.7 Å². The molecule has 0 atom stereocenters. The third-order valence-electron chi connectivity index (χ3n) is 4.08. The van der Waals surface area contributed by atoms with Gasteiger partial charge in [-0.1, -0.05) is 0 Å². The fourth-order valence-corrected chi connectivity index (χ4v) is 2.96. The standard InChI is InChI=1S/C15H16N6O/c1-2-21-13(22)7-10-8-20(6-4-12(10)19-21)15-11-3-5-16-14(11)17-9-18-15/h3,5,7,9H,2,4,6,8H2,1H3,(H,16,17,18). The number of anilines is 1. The first-order valence-corrected chi connectivity index (χ1v) is 7.39. The Bertz CT molecular complexity index is 896. The molecule has 0 spiro atoms. The summed E-state index contributed by atoms with van der Waals surface area (Å²) < 4.78 is 1.52. The molecule has 1 aliphatic rings. The Morgan fingerprint density at radius 2 is 2.27 bits per heavy atom. The molecule has 7 heteroatoms. The zero-order chi connectivity index (χ0) is 15.1. The largest absolute Gasteiger partial charge is 0.351 e. The number of hydrogen-bond acceptors (Lipinski definition) is 5. The van der Waals surface area contributed by atoms with E-state index in [0.29, 0.717) is 13.1 Å². The van der Waals surface area contributed by atoms with Crippen LogP contribution < -0.4 is 10.5 Å². The second-order valence-corrected chi connectivity index (χ2v) is 5.38. The van der Waals surface area contributed by atoms with Crippen LogP contribution in [0.25, 0.3) is 11.0 Å². The third-order valence-corrected chi connectivity index (χ3v) is 4.08. The maximum atomic E-state index is 12.0. The van der Waals surface area contributed by atoms with Gasteiger partial charge in [0.25, 0.3) is 5.56 Å². The van der Waals surface area contributed by atoms with E-state index < -0.39 is 0 Å². The quantitative estimate of drug-likeness (QED) is 0.766. The first-order chi connectivity index (χ1) is 10.8. The van der Waals surface area contributed by atoms with E-state index in [1.54, 1.807) is 12.4 Å². The van der Waals surface area contributed by atoms with Crippen molar-refractivity contribution < 1.29 is 0 Å². The Balaban J connectivity index is 1.74. The lowest BCUT2D eigenvalue weighted by Gasteiger charge is -2.29. The minimum atomic E-state index is -0.0439. The second-order valence-electron chi connectivity index (χ2n) is 5.38. The Hall–Kier alpha value is -2.70. The first kappa shape index (κ1) is 13.0. The van der Waals surface area contributed by atoms with Gasteiger partial charge >= 0.3 is 0 Å². The highest BCUT2D eigenvalue weighted by atomic mass is 16.1. The average molecular weight is 296 g/mol. The number of aromatic amines is 1. The maximum Gasteiger partial charge on any atom is 0.267 e. The van der Waals surface area contributed by atoms with E-state index in [4.69, 9.17) is 0 Å². The van der Waals surface area contributed by atoms with Gasteiger partial charge in [0.05, 0.1) is 11.1 Å². The molecule has 4 rings (SSSR count). The highest BCUT2D eigenvalue weighted by Gasteiger charge is 2.21. The molecule has 0 aromatic carbocycles. The van der Waals surface area contributed by atoms with Crippen LogP contribution in [0.2, 0.25) is 0 Å². The van der Waals surface area contributed by atoms with Crippen LogP contribution in [-0.2, 0) is 19.5 Å². The molecule has 1 N–H and O–H groups in total. The van der Waals surface area contributed by atoms with E-state index in [1.807, 2.05) is 19.2 Å². The Labute approximate surface area is 126 Å².